The van der Waals surface area contributed by atoms with Gasteiger partial charge < -0.3 is 0 Å². The highest BCUT2D eigenvalue weighted by atomic mass is 35.5. The first-order valence-electron chi connectivity index (χ1n) is 4.37. The fourth-order valence-electron chi connectivity index (χ4n) is 1.13. The van der Waals surface area contributed by atoms with Gasteiger partial charge in [-0.2, -0.15) is 5.10 Å². The van der Waals surface area contributed by atoms with E-state index in [1.54, 1.807) is 6.08 Å². The second kappa shape index (κ2) is 4.82. The van der Waals surface area contributed by atoms with Crippen molar-refractivity contribution in [2.75, 3.05) is 0 Å². The van der Waals surface area contributed by atoms with Crippen LogP contribution in [0.5, 0.6) is 0 Å². The summed E-state index contributed by atoms with van der Waals surface area (Å²) in [4.78, 5) is 0. The maximum atomic E-state index is 6.07. The zero-order valence-corrected chi connectivity index (χ0v) is 9.10. The van der Waals surface area contributed by atoms with E-state index < -0.39 is 0 Å². The molecule has 0 atom stereocenters. The summed E-state index contributed by atoms with van der Waals surface area (Å²) in [5, 5.41) is 7.64. The van der Waals surface area contributed by atoms with Gasteiger partial charge in [0.05, 0.1) is 10.7 Å². The van der Waals surface area contributed by atoms with Crippen molar-refractivity contribution in [3.63, 3.8) is 0 Å². The molecule has 0 saturated carbocycles. The summed E-state index contributed by atoms with van der Waals surface area (Å²) in [6, 6.07) is 0. The molecule has 0 saturated heterocycles. The second-order valence-electron chi connectivity index (χ2n) is 2.87. The van der Waals surface area contributed by atoms with E-state index in [4.69, 9.17) is 11.6 Å². The van der Waals surface area contributed by atoms with Crippen molar-refractivity contribution in [2.45, 2.75) is 13.8 Å². The lowest BCUT2D eigenvalue weighted by molar-refractivity contribution is 1.04. The highest BCUT2D eigenvalue weighted by molar-refractivity contribution is 6.32. The lowest BCUT2D eigenvalue weighted by Crippen LogP contribution is -1.81. The van der Waals surface area contributed by atoms with Gasteiger partial charge in [-0.15, -0.1) is 0 Å². The van der Waals surface area contributed by atoms with E-state index in [-0.39, 0.29) is 0 Å². The van der Waals surface area contributed by atoms with Crippen LogP contribution in [0.3, 0.4) is 0 Å². The third-order valence-corrected chi connectivity index (χ3v) is 2.25. The van der Waals surface area contributed by atoms with E-state index in [0.717, 1.165) is 17.0 Å². The summed E-state index contributed by atoms with van der Waals surface area (Å²) < 4.78 is 0. The number of rotatable bonds is 3. The number of hydrogen-bond donors (Lipinski definition) is 1. The maximum absolute atomic E-state index is 6.07. The lowest BCUT2D eigenvalue weighted by atomic mass is 10.1. The summed E-state index contributed by atoms with van der Waals surface area (Å²) in [6.07, 6.45) is 7.48. The summed E-state index contributed by atoms with van der Waals surface area (Å²) in [5.74, 6) is 0. The molecule has 0 radical (unpaired) electrons. The molecule has 0 aliphatic rings. The summed E-state index contributed by atoms with van der Waals surface area (Å²) in [5.41, 5.74) is 2.60. The molecule has 1 heterocycles. The Morgan fingerprint density at radius 1 is 1.57 bits per heavy atom. The van der Waals surface area contributed by atoms with Crippen LogP contribution in [0.4, 0.5) is 0 Å². The van der Waals surface area contributed by atoms with Crippen LogP contribution in [0.2, 0.25) is 5.02 Å². The molecule has 74 valence electrons. The maximum Gasteiger partial charge on any atom is 0.111 e. The van der Waals surface area contributed by atoms with Crippen molar-refractivity contribution < 1.29 is 0 Å². The van der Waals surface area contributed by atoms with Crippen molar-refractivity contribution in [1.29, 1.82) is 0 Å². The molecule has 1 aromatic rings. The predicted octanol–water partition coefficient (Wildman–Crippen LogP) is 3.52. The van der Waals surface area contributed by atoms with Gasteiger partial charge in [0.1, 0.15) is 5.69 Å². The van der Waals surface area contributed by atoms with Crippen LogP contribution >= 0.6 is 11.6 Å². The first-order valence-corrected chi connectivity index (χ1v) is 4.74. The lowest BCUT2D eigenvalue weighted by Gasteiger charge is -1.96. The standard InChI is InChI=1S/C11H13ClN2/c1-4-6-9(7-5-2)11-10(12)8(3)13-14-11/h4-7H,1H2,2-3H3,(H,13,14)/b7-5-,9-6+. The van der Waals surface area contributed by atoms with Crippen molar-refractivity contribution >= 4 is 17.2 Å². The molecule has 0 spiro atoms. The first kappa shape index (κ1) is 10.8. The van der Waals surface area contributed by atoms with E-state index in [1.807, 2.05) is 32.1 Å². The van der Waals surface area contributed by atoms with Gasteiger partial charge in [-0.3, -0.25) is 5.10 Å². The minimum Gasteiger partial charge on any atom is -0.281 e. The van der Waals surface area contributed by atoms with Crippen LogP contribution in [0.1, 0.15) is 18.3 Å². The largest absolute Gasteiger partial charge is 0.281 e. The molecule has 1 N–H and O–H groups in total. The van der Waals surface area contributed by atoms with Crippen LogP contribution in [-0.2, 0) is 0 Å². The monoisotopic (exact) mass is 208 g/mol. The minimum absolute atomic E-state index is 0.663. The Labute approximate surface area is 89.0 Å². The van der Waals surface area contributed by atoms with E-state index in [9.17, 15) is 0 Å². The number of H-pyrrole nitrogens is 1. The number of allylic oxidation sites excluding steroid dienone is 5. The van der Waals surface area contributed by atoms with Crippen molar-refractivity contribution in [1.82, 2.24) is 10.2 Å². The summed E-state index contributed by atoms with van der Waals surface area (Å²) >= 11 is 6.07. The minimum atomic E-state index is 0.663. The number of aromatic nitrogens is 2. The molecular formula is C11H13ClN2. The van der Waals surface area contributed by atoms with Gasteiger partial charge in [-0.25, -0.2) is 0 Å². The van der Waals surface area contributed by atoms with Gasteiger partial charge in [-0.05, 0) is 13.8 Å². The predicted molar refractivity (Wildman–Crippen MR) is 61.3 cm³/mol. The molecule has 3 heteroatoms. The molecule has 14 heavy (non-hydrogen) atoms. The van der Waals surface area contributed by atoms with Crippen LogP contribution in [0, 0.1) is 6.92 Å². The topological polar surface area (TPSA) is 28.7 Å². The van der Waals surface area contributed by atoms with E-state index in [2.05, 4.69) is 16.8 Å². The van der Waals surface area contributed by atoms with Crippen LogP contribution in [0.25, 0.3) is 5.57 Å². The first-order chi connectivity index (χ1) is 6.70. The molecule has 0 unspecified atom stereocenters. The van der Waals surface area contributed by atoms with E-state index >= 15 is 0 Å². The van der Waals surface area contributed by atoms with Gasteiger partial charge in [0.15, 0.2) is 0 Å². The Kier molecular flexibility index (Phi) is 3.72. The molecule has 0 amide bonds. The number of nitrogens with one attached hydrogen (secondary N) is 1. The molecule has 0 fully saturated rings. The SMILES string of the molecule is C=C/C=C(\C=C/C)c1n[nH]c(C)c1Cl. The average Bonchev–Trinajstić information content (AvgIpc) is 2.48. The quantitative estimate of drug-likeness (QED) is 0.757. The molecular weight excluding hydrogens is 196 g/mol. The zero-order chi connectivity index (χ0) is 10.6. The van der Waals surface area contributed by atoms with Gasteiger partial charge >= 0.3 is 0 Å². The van der Waals surface area contributed by atoms with Crippen LogP contribution < -0.4 is 0 Å². The van der Waals surface area contributed by atoms with Gasteiger partial charge in [0.25, 0.3) is 0 Å². The Morgan fingerprint density at radius 2 is 2.29 bits per heavy atom. The Bertz CT molecular complexity index is 386. The Hall–Kier alpha value is -1.28. The molecule has 0 aliphatic heterocycles. The molecule has 1 aromatic heterocycles. The second-order valence-corrected chi connectivity index (χ2v) is 3.25. The third-order valence-electron chi connectivity index (χ3n) is 1.79. The van der Waals surface area contributed by atoms with E-state index in [0.29, 0.717) is 5.02 Å². The van der Waals surface area contributed by atoms with Crippen molar-refractivity contribution in [3.8, 4) is 0 Å². The molecule has 0 aromatic carbocycles. The smallest absolute Gasteiger partial charge is 0.111 e. The molecule has 0 bridgehead atoms. The normalized spacial score (nSPS) is 12.4. The molecule has 2 nitrogen and oxygen atoms in total. The van der Waals surface area contributed by atoms with Crippen LogP contribution in [-0.4, -0.2) is 10.2 Å². The van der Waals surface area contributed by atoms with Gasteiger partial charge in [-0.1, -0.05) is 42.5 Å². The highest BCUT2D eigenvalue weighted by Crippen LogP contribution is 2.25. The highest BCUT2D eigenvalue weighted by Gasteiger charge is 2.09. The van der Waals surface area contributed by atoms with Gasteiger partial charge in [0, 0.05) is 5.57 Å². The summed E-state index contributed by atoms with van der Waals surface area (Å²) in [6.45, 7) is 7.49. The number of hydrogen-bond acceptors (Lipinski definition) is 1. The third kappa shape index (κ3) is 2.15. The number of aromatic amines is 1. The average molecular weight is 209 g/mol. The number of nitrogens with zero attached hydrogens (tertiary/aromatic N) is 1. The van der Waals surface area contributed by atoms with Crippen molar-refractivity contribution in [2.24, 2.45) is 0 Å². The molecule has 1 rings (SSSR count). The number of aryl methyl sites for hydroxylation is 1. The summed E-state index contributed by atoms with van der Waals surface area (Å²) in [7, 11) is 0. The van der Waals surface area contributed by atoms with Crippen LogP contribution in [0.15, 0.2) is 30.9 Å². The molecule has 0 aliphatic carbocycles. The fourth-order valence-corrected chi connectivity index (χ4v) is 1.32. The number of halogens is 1. The van der Waals surface area contributed by atoms with Crippen molar-refractivity contribution in [3.05, 3.63) is 47.3 Å². The Balaban J connectivity index is 3.18. The van der Waals surface area contributed by atoms with Gasteiger partial charge in [0.2, 0.25) is 0 Å². The Morgan fingerprint density at radius 3 is 2.71 bits per heavy atom. The van der Waals surface area contributed by atoms with E-state index in [1.165, 1.54) is 0 Å². The zero-order valence-electron chi connectivity index (χ0n) is 8.34. The fraction of sp³-hybridized carbons (Fsp3) is 0.182.